The summed E-state index contributed by atoms with van der Waals surface area (Å²) in [6, 6.07) is -0.858. The summed E-state index contributed by atoms with van der Waals surface area (Å²) in [4.78, 5) is 21.4. The lowest BCUT2D eigenvalue weighted by Gasteiger charge is -2.32. The van der Waals surface area contributed by atoms with E-state index in [0.29, 0.717) is 6.54 Å². The number of nitrogens with two attached hydrogens (primary N) is 1. The molecule has 1 aliphatic carbocycles. The number of urea groups is 1. The van der Waals surface area contributed by atoms with Crippen molar-refractivity contribution in [2.75, 3.05) is 13.1 Å². The van der Waals surface area contributed by atoms with Gasteiger partial charge in [0, 0.05) is 6.54 Å². The average molecular weight is 229 g/mol. The molecule has 1 fully saturated rings. The number of primary amides is 1. The number of imide groups is 1. The van der Waals surface area contributed by atoms with Gasteiger partial charge >= 0.3 is 6.03 Å². The van der Waals surface area contributed by atoms with E-state index in [9.17, 15) is 14.7 Å². The summed E-state index contributed by atoms with van der Waals surface area (Å²) >= 11 is 0. The van der Waals surface area contributed by atoms with Crippen molar-refractivity contribution < 1.29 is 14.7 Å². The van der Waals surface area contributed by atoms with E-state index in [1.54, 1.807) is 0 Å². The first kappa shape index (κ1) is 12.9. The standard InChI is InChI=1S/C10H19N3O3/c11-9(15)13-8(14)6-12-7-10(16)4-2-1-3-5-10/h12,16H,1-7H2,(H3,11,13,14,15). The molecular weight excluding hydrogens is 210 g/mol. The maximum atomic E-state index is 11.0. The van der Waals surface area contributed by atoms with Crippen molar-refractivity contribution in [1.29, 1.82) is 0 Å². The Hall–Kier alpha value is -1.14. The van der Waals surface area contributed by atoms with Gasteiger partial charge in [0.15, 0.2) is 0 Å². The third kappa shape index (κ3) is 4.59. The van der Waals surface area contributed by atoms with Crippen LogP contribution in [0, 0.1) is 0 Å². The summed E-state index contributed by atoms with van der Waals surface area (Å²) in [5, 5.41) is 14.9. The molecule has 6 nitrogen and oxygen atoms in total. The Morgan fingerprint density at radius 2 is 1.88 bits per heavy atom. The first-order chi connectivity index (χ1) is 7.52. The van der Waals surface area contributed by atoms with Crippen molar-refractivity contribution in [1.82, 2.24) is 10.6 Å². The van der Waals surface area contributed by atoms with Gasteiger partial charge in [-0.2, -0.15) is 0 Å². The molecule has 0 atom stereocenters. The fraction of sp³-hybridized carbons (Fsp3) is 0.800. The summed E-state index contributed by atoms with van der Waals surface area (Å²) in [6.45, 7) is 0.366. The van der Waals surface area contributed by atoms with Crippen LogP contribution in [0.2, 0.25) is 0 Å². The van der Waals surface area contributed by atoms with Gasteiger partial charge in [-0.05, 0) is 12.8 Å². The van der Waals surface area contributed by atoms with Crippen LogP contribution in [0.5, 0.6) is 0 Å². The predicted molar refractivity (Wildman–Crippen MR) is 58.6 cm³/mol. The molecule has 0 radical (unpaired) electrons. The van der Waals surface area contributed by atoms with Gasteiger partial charge in [0.2, 0.25) is 5.91 Å². The van der Waals surface area contributed by atoms with Crippen molar-refractivity contribution in [3.05, 3.63) is 0 Å². The summed E-state index contributed by atoms with van der Waals surface area (Å²) in [6.07, 6.45) is 4.72. The smallest absolute Gasteiger partial charge is 0.318 e. The van der Waals surface area contributed by atoms with Crippen LogP contribution in [0.15, 0.2) is 0 Å². The second-order valence-electron chi connectivity index (χ2n) is 4.30. The molecule has 1 rings (SSSR count). The molecule has 0 bridgehead atoms. The fourth-order valence-electron chi connectivity index (χ4n) is 1.98. The zero-order valence-corrected chi connectivity index (χ0v) is 9.29. The molecule has 0 spiro atoms. The van der Waals surface area contributed by atoms with Crippen LogP contribution in [0.1, 0.15) is 32.1 Å². The Labute approximate surface area is 94.6 Å². The number of hydrogen-bond donors (Lipinski definition) is 4. The lowest BCUT2D eigenvalue weighted by molar-refractivity contribution is -0.119. The van der Waals surface area contributed by atoms with Crippen LogP contribution in [0.25, 0.3) is 0 Å². The van der Waals surface area contributed by atoms with E-state index in [2.05, 4.69) is 5.32 Å². The molecule has 16 heavy (non-hydrogen) atoms. The number of nitrogens with one attached hydrogen (secondary N) is 2. The van der Waals surface area contributed by atoms with E-state index in [1.807, 2.05) is 5.32 Å². The van der Waals surface area contributed by atoms with Gasteiger partial charge in [-0.3, -0.25) is 10.1 Å². The van der Waals surface area contributed by atoms with Crippen LogP contribution >= 0.6 is 0 Å². The second kappa shape index (κ2) is 5.81. The zero-order chi connectivity index (χ0) is 12.0. The lowest BCUT2D eigenvalue weighted by Crippen LogP contribution is -2.46. The van der Waals surface area contributed by atoms with E-state index in [1.165, 1.54) is 0 Å². The van der Waals surface area contributed by atoms with Crippen molar-refractivity contribution in [2.45, 2.75) is 37.7 Å². The van der Waals surface area contributed by atoms with Gasteiger partial charge in [-0.15, -0.1) is 0 Å². The molecule has 5 N–H and O–H groups in total. The van der Waals surface area contributed by atoms with Crippen LogP contribution in [0.3, 0.4) is 0 Å². The number of amides is 3. The van der Waals surface area contributed by atoms with Crippen LogP contribution in [0.4, 0.5) is 4.79 Å². The minimum Gasteiger partial charge on any atom is -0.389 e. The van der Waals surface area contributed by atoms with E-state index in [-0.39, 0.29) is 6.54 Å². The monoisotopic (exact) mass is 229 g/mol. The molecule has 0 aliphatic heterocycles. The van der Waals surface area contributed by atoms with E-state index in [4.69, 9.17) is 5.73 Å². The van der Waals surface area contributed by atoms with Gasteiger partial charge in [-0.1, -0.05) is 19.3 Å². The molecule has 0 unspecified atom stereocenters. The first-order valence-electron chi connectivity index (χ1n) is 5.54. The quantitative estimate of drug-likeness (QED) is 0.520. The van der Waals surface area contributed by atoms with Crippen molar-refractivity contribution >= 4 is 11.9 Å². The molecule has 0 heterocycles. The molecular formula is C10H19N3O3. The van der Waals surface area contributed by atoms with E-state index in [0.717, 1.165) is 32.1 Å². The Bertz CT molecular complexity index is 262. The normalized spacial score (nSPS) is 19.1. The van der Waals surface area contributed by atoms with Gasteiger partial charge in [-0.25, -0.2) is 4.79 Å². The highest BCUT2D eigenvalue weighted by atomic mass is 16.3. The number of carbonyl (C=O) groups is 2. The molecule has 0 aromatic rings. The van der Waals surface area contributed by atoms with Crippen LogP contribution in [-0.2, 0) is 4.79 Å². The molecule has 0 aromatic carbocycles. The summed E-state index contributed by atoms with van der Waals surface area (Å²) in [5.74, 6) is -0.480. The van der Waals surface area contributed by atoms with Crippen molar-refractivity contribution in [2.24, 2.45) is 5.73 Å². The van der Waals surface area contributed by atoms with Crippen molar-refractivity contribution in [3.8, 4) is 0 Å². The molecule has 3 amide bonds. The Morgan fingerprint density at radius 1 is 1.25 bits per heavy atom. The first-order valence-corrected chi connectivity index (χ1v) is 5.54. The minimum absolute atomic E-state index is 0.00868. The fourth-order valence-corrected chi connectivity index (χ4v) is 1.98. The average Bonchev–Trinajstić information content (AvgIpc) is 2.17. The van der Waals surface area contributed by atoms with Gasteiger partial charge in [0.05, 0.1) is 12.1 Å². The molecule has 92 valence electrons. The summed E-state index contributed by atoms with van der Waals surface area (Å²) in [5.41, 5.74) is 4.08. The molecule has 1 saturated carbocycles. The Kier molecular flexibility index (Phi) is 4.70. The van der Waals surface area contributed by atoms with Gasteiger partial charge in [0.25, 0.3) is 0 Å². The predicted octanol–water partition coefficient (Wildman–Crippen LogP) is -0.534. The third-order valence-corrected chi connectivity index (χ3v) is 2.79. The number of carbonyl (C=O) groups excluding carboxylic acids is 2. The number of rotatable bonds is 4. The number of aliphatic hydroxyl groups is 1. The summed E-state index contributed by atoms with van der Waals surface area (Å²) < 4.78 is 0. The minimum atomic E-state index is -0.858. The molecule has 6 heteroatoms. The van der Waals surface area contributed by atoms with Crippen LogP contribution < -0.4 is 16.4 Å². The number of hydrogen-bond acceptors (Lipinski definition) is 4. The van der Waals surface area contributed by atoms with Gasteiger partial charge < -0.3 is 16.2 Å². The maximum Gasteiger partial charge on any atom is 0.318 e. The highest BCUT2D eigenvalue weighted by Gasteiger charge is 2.28. The SMILES string of the molecule is NC(=O)NC(=O)CNCC1(O)CCCCC1. The highest BCUT2D eigenvalue weighted by Crippen LogP contribution is 2.27. The van der Waals surface area contributed by atoms with E-state index < -0.39 is 17.5 Å². The van der Waals surface area contributed by atoms with Crippen molar-refractivity contribution in [3.63, 3.8) is 0 Å². The van der Waals surface area contributed by atoms with Crippen LogP contribution in [-0.4, -0.2) is 35.7 Å². The second-order valence-corrected chi connectivity index (χ2v) is 4.30. The molecule has 0 saturated heterocycles. The summed E-state index contributed by atoms with van der Waals surface area (Å²) in [7, 11) is 0. The highest BCUT2D eigenvalue weighted by molar-refractivity contribution is 5.94. The maximum absolute atomic E-state index is 11.0. The molecule has 0 aromatic heterocycles. The third-order valence-electron chi connectivity index (χ3n) is 2.79. The Balaban J connectivity index is 2.18. The molecule has 1 aliphatic rings. The Morgan fingerprint density at radius 3 is 2.44 bits per heavy atom. The lowest BCUT2D eigenvalue weighted by atomic mass is 9.85. The van der Waals surface area contributed by atoms with Gasteiger partial charge in [0.1, 0.15) is 0 Å². The van der Waals surface area contributed by atoms with E-state index >= 15 is 0 Å². The largest absolute Gasteiger partial charge is 0.389 e. The topological polar surface area (TPSA) is 104 Å². The zero-order valence-electron chi connectivity index (χ0n) is 9.29.